The molecule has 1 N–H and O–H groups in total. The van der Waals surface area contributed by atoms with Gasteiger partial charge in [0, 0.05) is 44.1 Å². The van der Waals surface area contributed by atoms with Crippen molar-refractivity contribution in [3.8, 4) is 11.5 Å². The Hall–Kier alpha value is -3.46. The smallest absolute Gasteiger partial charge is 0.234 e. The van der Waals surface area contributed by atoms with E-state index in [1.54, 1.807) is 38.6 Å². The van der Waals surface area contributed by atoms with Crippen molar-refractivity contribution in [2.45, 2.75) is 19.0 Å². The SMILES string of the molecule is COc1ccc(NC(=O)CSc2nccc(N3CCN(c4cc(C)ccc4C)CC3)n2)c(OC)c1. The van der Waals surface area contributed by atoms with E-state index in [9.17, 15) is 4.79 Å². The first-order valence-electron chi connectivity index (χ1n) is 11.5. The van der Waals surface area contributed by atoms with Gasteiger partial charge in [-0.3, -0.25) is 4.79 Å². The third-order valence-electron chi connectivity index (χ3n) is 5.94. The van der Waals surface area contributed by atoms with Gasteiger partial charge < -0.3 is 24.6 Å². The van der Waals surface area contributed by atoms with Crippen LogP contribution in [0.5, 0.6) is 11.5 Å². The van der Waals surface area contributed by atoms with Crippen molar-refractivity contribution < 1.29 is 14.3 Å². The van der Waals surface area contributed by atoms with Gasteiger partial charge in [0.25, 0.3) is 0 Å². The number of ether oxygens (including phenoxy) is 2. The number of benzene rings is 2. The third-order valence-corrected chi connectivity index (χ3v) is 6.80. The van der Waals surface area contributed by atoms with Crippen LogP contribution in [-0.4, -0.2) is 62.0 Å². The summed E-state index contributed by atoms with van der Waals surface area (Å²) in [6.45, 7) is 7.92. The molecule has 1 amide bonds. The predicted molar refractivity (Wildman–Crippen MR) is 141 cm³/mol. The standard InChI is InChI=1S/C26H31N5O3S/c1-18-5-6-19(2)22(15-18)30-11-13-31(14-12-30)24-9-10-27-26(29-24)35-17-25(32)28-21-8-7-20(33-3)16-23(21)34-4/h5-10,15-16H,11-14,17H2,1-4H3,(H,28,32). The molecule has 8 nitrogen and oxygen atoms in total. The van der Waals surface area contributed by atoms with Crippen LogP contribution in [0.15, 0.2) is 53.8 Å². The van der Waals surface area contributed by atoms with Gasteiger partial charge in [-0.2, -0.15) is 0 Å². The number of aromatic nitrogens is 2. The number of methoxy groups -OCH3 is 2. The second kappa shape index (κ2) is 11.3. The van der Waals surface area contributed by atoms with Crippen LogP contribution >= 0.6 is 11.8 Å². The van der Waals surface area contributed by atoms with Crippen LogP contribution in [0.1, 0.15) is 11.1 Å². The van der Waals surface area contributed by atoms with Gasteiger partial charge in [0.1, 0.15) is 17.3 Å². The highest BCUT2D eigenvalue weighted by Crippen LogP contribution is 2.29. The van der Waals surface area contributed by atoms with Gasteiger partial charge in [0.05, 0.1) is 25.7 Å². The lowest BCUT2D eigenvalue weighted by Gasteiger charge is -2.37. The molecule has 0 atom stereocenters. The number of carbonyl (C=O) groups is 1. The fourth-order valence-electron chi connectivity index (χ4n) is 4.03. The fourth-order valence-corrected chi connectivity index (χ4v) is 4.66. The van der Waals surface area contributed by atoms with Crippen LogP contribution in [0.25, 0.3) is 0 Å². The Kier molecular flexibility index (Phi) is 7.97. The average molecular weight is 494 g/mol. The zero-order valence-electron chi connectivity index (χ0n) is 20.6. The van der Waals surface area contributed by atoms with Crippen molar-refractivity contribution in [2.24, 2.45) is 0 Å². The van der Waals surface area contributed by atoms with E-state index in [2.05, 4.69) is 52.1 Å². The third kappa shape index (κ3) is 6.16. The number of amides is 1. The molecule has 1 aliphatic heterocycles. The average Bonchev–Trinajstić information content (AvgIpc) is 2.89. The minimum Gasteiger partial charge on any atom is -0.497 e. The maximum absolute atomic E-state index is 12.5. The summed E-state index contributed by atoms with van der Waals surface area (Å²) >= 11 is 1.31. The summed E-state index contributed by atoms with van der Waals surface area (Å²) in [5, 5.41) is 3.46. The molecule has 3 aromatic rings. The predicted octanol–water partition coefficient (Wildman–Crippen LogP) is 4.17. The minimum atomic E-state index is -0.158. The summed E-state index contributed by atoms with van der Waals surface area (Å²) in [7, 11) is 3.14. The number of nitrogens with zero attached hydrogens (tertiary/aromatic N) is 4. The molecular formula is C26H31N5O3S. The van der Waals surface area contributed by atoms with Crippen LogP contribution in [0.3, 0.4) is 0 Å². The van der Waals surface area contributed by atoms with E-state index in [1.165, 1.54) is 28.6 Å². The maximum Gasteiger partial charge on any atom is 0.234 e. The number of hydrogen-bond acceptors (Lipinski definition) is 8. The normalized spacial score (nSPS) is 13.5. The molecule has 4 rings (SSSR count). The Morgan fingerprint density at radius 1 is 1.00 bits per heavy atom. The molecule has 1 fully saturated rings. The van der Waals surface area contributed by atoms with Gasteiger partial charge in [-0.1, -0.05) is 23.9 Å². The highest BCUT2D eigenvalue weighted by molar-refractivity contribution is 7.99. The molecule has 0 bridgehead atoms. The van der Waals surface area contributed by atoms with E-state index in [0.29, 0.717) is 22.3 Å². The lowest BCUT2D eigenvalue weighted by Crippen LogP contribution is -2.47. The molecule has 2 heterocycles. The molecule has 0 spiro atoms. The van der Waals surface area contributed by atoms with E-state index in [0.717, 1.165) is 32.0 Å². The summed E-state index contributed by atoms with van der Waals surface area (Å²) in [4.78, 5) is 26.3. The van der Waals surface area contributed by atoms with Crippen molar-refractivity contribution in [2.75, 3.05) is 61.3 Å². The molecule has 1 saturated heterocycles. The second-order valence-electron chi connectivity index (χ2n) is 8.36. The summed E-state index contributed by atoms with van der Waals surface area (Å²) in [6.07, 6.45) is 1.76. The van der Waals surface area contributed by atoms with E-state index < -0.39 is 0 Å². The lowest BCUT2D eigenvalue weighted by molar-refractivity contribution is -0.113. The number of piperazine rings is 1. The van der Waals surface area contributed by atoms with E-state index in [4.69, 9.17) is 14.5 Å². The molecule has 0 radical (unpaired) electrons. The highest BCUT2D eigenvalue weighted by Gasteiger charge is 2.20. The zero-order chi connectivity index (χ0) is 24.8. The molecule has 0 saturated carbocycles. The van der Waals surface area contributed by atoms with Gasteiger partial charge in [-0.25, -0.2) is 9.97 Å². The minimum absolute atomic E-state index is 0.158. The quantitative estimate of drug-likeness (QED) is 0.370. The summed E-state index contributed by atoms with van der Waals surface area (Å²) in [5.74, 6) is 2.13. The Morgan fingerprint density at radius 3 is 2.51 bits per heavy atom. The number of thioether (sulfide) groups is 1. The van der Waals surface area contributed by atoms with Crippen molar-refractivity contribution >= 4 is 34.9 Å². The molecule has 1 aliphatic rings. The van der Waals surface area contributed by atoms with Gasteiger partial charge in [-0.15, -0.1) is 0 Å². The van der Waals surface area contributed by atoms with Gasteiger partial charge in [0.15, 0.2) is 5.16 Å². The summed E-state index contributed by atoms with van der Waals surface area (Å²) in [6, 6.07) is 13.8. The Balaban J connectivity index is 1.32. The summed E-state index contributed by atoms with van der Waals surface area (Å²) < 4.78 is 10.5. The Morgan fingerprint density at radius 2 is 1.77 bits per heavy atom. The monoisotopic (exact) mass is 493 g/mol. The maximum atomic E-state index is 12.5. The number of rotatable bonds is 8. The van der Waals surface area contributed by atoms with Crippen LogP contribution in [0, 0.1) is 13.8 Å². The van der Waals surface area contributed by atoms with Crippen LogP contribution < -0.4 is 24.6 Å². The van der Waals surface area contributed by atoms with Gasteiger partial charge in [0.2, 0.25) is 5.91 Å². The second-order valence-corrected chi connectivity index (χ2v) is 9.31. The Labute approximate surface area is 210 Å². The molecule has 184 valence electrons. The number of anilines is 3. The number of carbonyl (C=O) groups excluding carboxylic acids is 1. The Bertz CT molecular complexity index is 1180. The fraction of sp³-hybridized carbons (Fsp3) is 0.346. The van der Waals surface area contributed by atoms with Crippen LogP contribution in [-0.2, 0) is 4.79 Å². The molecule has 0 aliphatic carbocycles. The van der Waals surface area contributed by atoms with Crippen molar-refractivity contribution in [1.82, 2.24) is 9.97 Å². The molecule has 35 heavy (non-hydrogen) atoms. The molecule has 1 aromatic heterocycles. The zero-order valence-corrected chi connectivity index (χ0v) is 21.4. The van der Waals surface area contributed by atoms with E-state index in [1.807, 2.05) is 6.07 Å². The van der Waals surface area contributed by atoms with Gasteiger partial charge >= 0.3 is 0 Å². The van der Waals surface area contributed by atoms with Crippen molar-refractivity contribution in [3.05, 3.63) is 59.8 Å². The number of nitrogens with one attached hydrogen (secondary N) is 1. The first-order valence-corrected chi connectivity index (χ1v) is 12.5. The van der Waals surface area contributed by atoms with Gasteiger partial charge in [-0.05, 0) is 49.2 Å². The summed E-state index contributed by atoms with van der Waals surface area (Å²) in [5.41, 5.74) is 4.48. The van der Waals surface area contributed by atoms with Crippen LogP contribution in [0.2, 0.25) is 0 Å². The van der Waals surface area contributed by atoms with Crippen molar-refractivity contribution in [1.29, 1.82) is 0 Å². The topological polar surface area (TPSA) is 79.8 Å². The largest absolute Gasteiger partial charge is 0.497 e. The molecule has 9 heteroatoms. The van der Waals surface area contributed by atoms with E-state index >= 15 is 0 Å². The van der Waals surface area contributed by atoms with E-state index in [-0.39, 0.29) is 11.7 Å². The lowest BCUT2D eigenvalue weighted by atomic mass is 10.1. The van der Waals surface area contributed by atoms with Crippen LogP contribution in [0.4, 0.5) is 17.2 Å². The molecular weight excluding hydrogens is 462 g/mol. The van der Waals surface area contributed by atoms with Crippen molar-refractivity contribution in [3.63, 3.8) is 0 Å². The molecule has 2 aromatic carbocycles. The number of aryl methyl sites for hydroxylation is 2. The molecule has 0 unspecified atom stereocenters. The first kappa shape index (κ1) is 24.7. The highest BCUT2D eigenvalue weighted by atomic mass is 32.2. The first-order chi connectivity index (χ1) is 17.0. The number of hydrogen-bond donors (Lipinski definition) is 1.